The Morgan fingerprint density at radius 3 is 2.50 bits per heavy atom. The summed E-state index contributed by atoms with van der Waals surface area (Å²) in [6.45, 7) is 0.0223. The van der Waals surface area contributed by atoms with E-state index in [4.69, 9.17) is 0 Å². The van der Waals surface area contributed by atoms with E-state index in [1.165, 1.54) is 42.5 Å². The maximum atomic E-state index is 13.0. The van der Waals surface area contributed by atoms with Crippen LogP contribution in [0, 0.1) is 0 Å². The van der Waals surface area contributed by atoms with Crippen molar-refractivity contribution in [1.29, 1.82) is 0 Å². The zero-order chi connectivity index (χ0) is 26.8. The van der Waals surface area contributed by atoms with E-state index in [-0.39, 0.29) is 37.4 Å². The Kier molecular flexibility index (Phi) is 10.0. The molecule has 2 aromatic rings. The molecule has 0 aliphatic rings. The molecule has 194 valence electrons. The number of pyridine rings is 1. The molecule has 4 amide bonds. The van der Waals surface area contributed by atoms with Crippen LogP contribution in [0.15, 0.2) is 35.6 Å². The first kappa shape index (κ1) is 27.9. The van der Waals surface area contributed by atoms with Crippen molar-refractivity contribution in [1.82, 2.24) is 35.0 Å². The molecule has 14 nitrogen and oxygen atoms in total. The minimum atomic E-state index is -1.25. The molecule has 0 aliphatic carbocycles. The van der Waals surface area contributed by atoms with Gasteiger partial charge in [0, 0.05) is 26.7 Å². The van der Waals surface area contributed by atoms with Gasteiger partial charge < -0.3 is 30.4 Å². The number of aryl methyl sites for hydroxylation is 1. The zero-order valence-electron chi connectivity index (χ0n) is 20.5. The van der Waals surface area contributed by atoms with Gasteiger partial charge in [-0.05, 0) is 32.6 Å². The van der Waals surface area contributed by atoms with Crippen LogP contribution in [0.1, 0.15) is 23.3 Å². The van der Waals surface area contributed by atoms with E-state index in [0.29, 0.717) is 0 Å². The second kappa shape index (κ2) is 12.9. The number of hydrogen-bond acceptors (Lipinski definition) is 8. The molecule has 2 rings (SSSR count). The second-order valence-corrected chi connectivity index (χ2v) is 8.14. The van der Waals surface area contributed by atoms with E-state index in [9.17, 15) is 28.8 Å². The van der Waals surface area contributed by atoms with Gasteiger partial charge in [-0.2, -0.15) is 0 Å². The largest absolute Gasteiger partial charge is 0.353 e. The third-order valence-electron chi connectivity index (χ3n) is 5.00. The third kappa shape index (κ3) is 7.87. The van der Waals surface area contributed by atoms with E-state index in [1.807, 2.05) is 0 Å². The molecular weight excluding hydrogens is 472 g/mol. The van der Waals surface area contributed by atoms with Crippen LogP contribution < -0.4 is 26.8 Å². The molecule has 36 heavy (non-hydrogen) atoms. The maximum Gasteiger partial charge on any atom is 0.287 e. The molecule has 0 bridgehead atoms. The fraction of sp³-hybridized carbons (Fsp3) is 0.409. The Morgan fingerprint density at radius 1 is 1.17 bits per heavy atom. The molecule has 14 heteroatoms. The number of nitrogens with zero attached hydrogens (tertiary/aromatic N) is 4. The zero-order valence-corrected chi connectivity index (χ0v) is 20.5. The van der Waals surface area contributed by atoms with Crippen LogP contribution in [0.25, 0.3) is 0 Å². The number of amides is 4. The summed E-state index contributed by atoms with van der Waals surface area (Å²) in [7, 11) is 6.44. The molecule has 0 radical (unpaired) electrons. The highest BCUT2D eigenvalue weighted by Crippen LogP contribution is 2.07. The summed E-state index contributed by atoms with van der Waals surface area (Å²) in [6.07, 6.45) is 3.58. The summed E-state index contributed by atoms with van der Waals surface area (Å²) < 4.78 is 2.57. The highest BCUT2D eigenvalue weighted by Gasteiger charge is 2.26. The van der Waals surface area contributed by atoms with Crippen LogP contribution in [-0.2, 0) is 32.8 Å². The maximum absolute atomic E-state index is 13.0. The standard InChI is InChI=1S/C22H30N8O6/c1-23-21(35)17(31)8-7-14(26-20(34)16-10-24-12-29(16)4)19(33)27-15-6-5-9-30(22(15)36)11-18(32)25-13-28(2)3/h5-6,9-10,12,14H,7-8,11,13H2,1-4H3,(H,23,35)(H,25,32)(H,26,34)(H,27,33)/t14-/m0/s1. The van der Waals surface area contributed by atoms with Crippen LogP contribution in [-0.4, -0.2) is 82.3 Å². The monoisotopic (exact) mass is 502 g/mol. The fourth-order valence-electron chi connectivity index (χ4n) is 3.04. The predicted molar refractivity (Wildman–Crippen MR) is 129 cm³/mol. The molecule has 4 N–H and O–H groups in total. The van der Waals surface area contributed by atoms with Gasteiger partial charge in [0.25, 0.3) is 17.4 Å². The summed E-state index contributed by atoms with van der Waals surface area (Å²) in [5.41, 5.74) is -0.597. The molecule has 0 fully saturated rings. The van der Waals surface area contributed by atoms with Crippen molar-refractivity contribution in [2.24, 2.45) is 7.05 Å². The summed E-state index contributed by atoms with van der Waals surface area (Å²) >= 11 is 0. The van der Waals surface area contributed by atoms with Crippen molar-refractivity contribution in [2.75, 3.05) is 33.1 Å². The van der Waals surface area contributed by atoms with Gasteiger partial charge in [-0.1, -0.05) is 0 Å². The lowest BCUT2D eigenvalue weighted by atomic mass is 10.1. The SMILES string of the molecule is CNC(=O)C(=O)CC[C@H](NC(=O)c1cncn1C)C(=O)Nc1cccn(CC(=O)NCN(C)C)c1=O. The number of imidazole rings is 1. The number of aromatic nitrogens is 3. The van der Waals surface area contributed by atoms with Gasteiger partial charge in [-0.3, -0.25) is 33.7 Å². The molecule has 0 spiro atoms. The van der Waals surface area contributed by atoms with Crippen LogP contribution in [0.4, 0.5) is 5.69 Å². The minimum absolute atomic E-state index is 0.125. The van der Waals surface area contributed by atoms with E-state index in [1.54, 1.807) is 26.0 Å². The number of carbonyl (C=O) groups is 5. The van der Waals surface area contributed by atoms with Gasteiger partial charge in [0.1, 0.15) is 24.0 Å². The van der Waals surface area contributed by atoms with Crippen LogP contribution in [0.5, 0.6) is 0 Å². The van der Waals surface area contributed by atoms with E-state index in [0.717, 1.165) is 4.57 Å². The van der Waals surface area contributed by atoms with Crippen molar-refractivity contribution >= 4 is 35.1 Å². The van der Waals surface area contributed by atoms with Crippen molar-refractivity contribution in [3.05, 3.63) is 46.9 Å². The van der Waals surface area contributed by atoms with Gasteiger partial charge in [-0.15, -0.1) is 0 Å². The normalized spacial score (nSPS) is 11.5. The molecule has 0 saturated carbocycles. The van der Waals surface area contributed by atoms with Gasteiger partial charge in [0.05, 0.1) is 19.2 Å². The van der Waals surface area contributed by atoms with E-state index < -0.39 is 41.0 Å². The Hall–Kier alpha value is -4.33. The molecule has 0 aliphatic heterocycles. The van der Waals surface area contributed by atoms with Crippen LogP contribution in [0.2, 0.25) is 0 Å². The Labute approximate surface area is 207 Å². The molecule has 2 aromatic heterocycles. The average molecular weight is 503 g/mol. The first-order valence-corrected chi connectivity index (χ1v) is 11.0. The summed E-state index contributed by atoms with van der Waals surface area (Å²) in [5.74, 6) is -3.41. The van der Waals surface area contributed by atoms with E-state index >= 15 is 0 Å². The number of ketones is 1. The number of hydrogen-bond donors (Lipinski definition) is 4. The molecular formula is C22H30N8O6. The van der Waals surface area contributed by atoms with Crippen molar-refractivity contribution in [3.8, 4) is 0 Å². The Morgan fingerprint density at radius 2 is 1.89 bits per heavy atom. The lowest BCUT2D eigenvalue weighted by Gasteiger charge is -2.18. The third-order valence-corrected chi connectivity index (χ3v) is 5.00. The van der Waals surface area contributed by atoms with Gasteiger partial charge >= 0.3 is 0 Å². The van der Waals surface area contributed by atoms with Crippen LogP contribution >= 0.6 is 0 Å². The first-order chi connectivity index (χ1) is 17.0. The quantitative estimate of drug-likeness (QED) is 0.191. The van der Waals surface area contributed by atoms with E-state index in [2.05, 4.69) is 26.3 Å². The van der Waals surface area contributed by atoms with Gasteiger partial charge in [-0.25, -0.2) is 4.98 Å². The van der Waals surface area contributed by atoms with Crippen molar-refractivity contribution in [2.45, 2.75) is 25.4 Å². The number of Topliss-reactive ketones (excluding diaryl/α,β-unsaturated/α-hetero) is 1. The van der Waals surface area contributed by atoms with Crippen molar-refractivity contribution in [3.63, 3.8) is 0 Å². The van der Waals surface area contributed by atoms with Gasteiger partial charge in [0.2, 0.25) is 17.6 Å². The lowest BCUT2D eigenvalue weighted by Crippen LogP contribution is -2.45. The average Bonchev–Trinajstić information content (AvgIpc) is 3.27. The fourth-order valence-corrected chi connectivity index (χ4v) is 3.04. The Bertz CT molecular complexity index is 1190. The molecule has 1 atom stereocenters. The van der Waals surface area contributed by atoms with Crippen molar-refractivity contribution < 1.29 is 24.0 Å². The highest BCUT2D eigenvalue weighted by atomic mass is 16.2. The predicted octanol–water partition coefficient (Wildman–Crippen LogP) is -1.95. The topological polar surface area (TPSA) is 177 Å². The molecule has 0 saturated heterocycles. The number of rotatable bonds is 12. The number of likely N-dealkylation sites (N-methyl/N-ethyl adjacent to an activating group) is 1. The lowest BCUT2D eigenvalue weighted by molar-refractivity contribution is -0.137. The smallest absolute Gasteiger partial charge is 0.287 e. The number of nitrogens with one attached hydrogen (secondary N) is 4. The summed E-state index contributed by atoms with van der Waals surface area (Å²) in [4.78, 5) is 79.7. The van der Waals surface area contributed by atoms with Crippen LogP contribution in [0.3, 0.4) is 0 Å². The first-order valence-electron chi connectivity index (χ1n) is 11.0. The number of carbonyl (C=O) groups excluding carboxylic acids is 5. The summed E-state index contributed by atoms with van der Waals surface area (Å²) in [6, 6.07) is 1.58. The minimum Gasteiger partial charge on any atom is -0.353 e. The molecule has 0 unspecified atom stereocenters. The Balaban J connectivity index is 2.19. The molecule has 0 aromatic carbocycles. The van der Waals surface area contributed by atoms with Gasteiger partial charge in [0.15, 0.2) is 0 Å². The number of anilines is 1. The second-order valence-electron chi connectivity index (χ2n) is 8.14. The molecule has 2 heterocycles. The summed E-state index contributed by atoms with van der Waals surface area (Å²) in [5, 5.41) is 9.80. The highest BCUT2D eigenvalue weighted by molar-refractivity contribution is 6.36.